The van der Waals surface area contributed by atoms with Crippen molar-refractivity contribution < 1.29 is 8.76 Å². The summed E-state index contributed by atoms with van der Waals surface area (Å²) in [5.74, 6) is 0. The van der Waals surface area contributed by atoms with E-state index in [-0.39, 0.29) is 0 Å². The van der Waals surface area contributed by atoms with Crippen molar-refractivity contribution in [3.05, 3.63) is 0 Å². The second-order valence-electron chi connectivity index (χ2n) is 1.25. The molecule has 3 N–H and O–H groups in total. The summed E-state index contributed by atoms with van der Waals surface area (Å²) in [4.78, 5) is 0. The summed E-state index contributed by atoms with van der Waals surface area (Å²) in [6, 6.07) is 0. The molecule has 0 radical (unpaired) electrons. The number of hydrogen-bond acceptors (Lipinski definition) is 2. The van der Waals surface area contributed by atoms with Gasteiger partial charge in [-0.3, -0.25) is 4.55 Å². The molecule has 0 aliphatic rings. The monoisotopic (exact) mass is 138 g/mol. The summed E-state index contributed by atoms with van der Waals surface area (Å²) < 4.78 is 20.3. The summed E-state index contributed by atoms with van der Waals surface area (Å²) in [7, 11) is 1.78. The van der Waals surface area contributed by atoms with Crippen LogP contribution < -0.4 is 10.0 Å². The van der Waals surface area contributed by atoms with Crippen molar-refractivity contribution in [1.82, 2.24) is 10.0 Å². The standard InChI is InChI=1S/C3H10N2O2S/c1-4-2-3-5-8(6)7/h4-5H,2-3H2,1H3,(H,6,7). The van der Waals surface area contributed by atoms with Crippen LogP contribution in [0.4, 0.5) is 0 Å². The van der Waals surface area contributed by atoms with E-state index in [9.17, 15) is 4.21 Å². The molecule has 0 saturated carbocycles. The predicted octanol–water partition coefficient (Wildman–Crippen LogP) is -1.07. The summed E-state index contributed by atoms with van der Waals surface area (Å²) in [6.07, 6.45) is 0. The number of hydrogen-bond donors (Lipinski definition) is 3. The van der Waals surface area contributed by atoms with Crippen molar-refractivity contribution in [1.29, 1.82) is 0 Å². The first-order valence-corrected chi connectivity index (χ1v) is 3.37. The fourth-order valence-electron chi connectivity index (χ4n) is 0.263. The largest absolute Gasteiger partial charge is 0.318 e. The Hall–Kier alpha value is 0.0300. The molecule has 0 aromatic heterocycles. The average molecular weight is 138 g/mol. The minimum atomic E-state index is -1.86. The fraction of sp³-hybridized carbons (Fsp3) is 1.00. The van der Waals surface area contributed by atoms with E-state index in [0.717, 1.165) is 0 Å². The van der Waals surface area contributed by atoms with Gasteiger partial charge in [-0.1, -0.05) is 0 Å². The zero-order chi connectivity index (χ0) is 6.41. The van der Waals surface area contributed by atoms with Crippen molar-refractivity contribution >= 4 is 11.3 Å². The smallest absolute Gasteiger partial charge is 0.231 e. The minimum absolute atomic E-state index is 0.514. The van der Waals surface area contributed by atoms with E-state index in [2.05, 4.69) is 10.0 Å². The molecule has 0 saturated heterocycles. The molecule has 0 amide bonds. The van der Waals surface area contributed by atoms with Crippen molar-refractivity contribution in [2.24, 2.45) is 0 Å². The van der Waals surface area contributed by atoms with E-state index >= 15 is 0 Å². The minimum Gasteiger partial charge on any atom is -0.318 e. The highest BCUT2D eigenvalue weighted by Gasteiger charge is 1.86. The summed E-state index contributed by atoms with van der Waals surface area (Å²) in [6.45, 7) is 1.21. The molecule has 4 nitrogen and oxygen atoms in total. The van der Waals surface area contributed by atoms with Gasteiger partial charge in [-0.2, -0.15) is 0 Å². The van der Waals surface area contributed by atoms with E-state index in [1.165, 1.54) is 0 Å². The third-order valence-electron chi connectivity index (χ3n) is 0.601. The van der Waals surface area contributed by atoms with Gasteiger partial charge < -0.3 is 5.32 Å². The number of nitrogens with one attached hydrogen (secondary N) is 2. The van der Waals surface area contributed by atoms with Crippen LogP contribution in [0, 0.1) is 0 Å². The number of likely N-dealkylation sites (N-methyl/N-ethyl adjacent to an activating group) is 1. The first-order valence-electron chi connectivity index (χ1n) is 2.26. The highest BCUT2D eigenvalue weighted by molar-refractivity contribution is 7.77. The maximum atomic E-state index is 9.85. The van der Waals surface area contributed by atoms with Gasteiger partial charge in [0.15, 0.2) is 0 Å². The maximum absolute atomic E-state index is 9.85. The van der Waals surface area contributed by atoms with Crippen molar-refractivity contribution in [2.75, 3.05) is 20.1 Å². The SMILES string of the molecule is CNCCNS(=O)O. The van der Waals surface area contributed by atoms with Gasteiger partial charge in [-0.05, 0) is 7.05 Å². The Kier molecular flexibility index (Phi) is 5.19. The molecule has 50 valence electrons. The van der Waals surface area contributed by atoms with Crippen LogP contribution in [0.15, 0.2) is 0 Å². The molecule has 0 aromatic rings. The lowest BCUT2D eigenvalue weighted by molar-refractivity contribution is 0.547. The maximum Gasteiger partial charge on any atom is 0.231 e. The molecule has 1 atom stereocenters. The lowest BCUT2D eigenvalue weighted by Gasteiger charge is -1.95. The topological polar surface area (TPSA) is 61.4 Å². The third-order valence-corrected chi connectivity index (χ3v) is 1.05. The van der Waals surface area contributed by atoms with E-state index in [0.29, 0.717) is 13.1 Å². The van der Waals surface area contributed by atoms with Crippen LogP contribution in [0.2, 0.25) is 0 Å². The molecule has 0 bridgehead atoms. The summed E-state index contributed by atoms with van der Waals surface area (Å²) >= 11 is -1.86. The van der Waals surface area contributed by atoms with E-state index in [1.54, 1.807) is 7.05 Å². The highest BCUT2D eigenvalue weighted by Crippen LogP contribution is 1.59. The van der Waals surface area contributed by atoms with Gasteiger partial charge in [0, 0.05) is 13.1 Å². The zero-order valence-corrected chi connectivity index (χ0v) is 5.49. The quantitative estimate of drug-likeness (QED) is 0.342. The van der Waals surface area contributed by atoms with Gasteiger partial charge in [0.05, 0.1) is 0 Å². The molecule has 0 heterocycles. The lowest BCUT2D eigenvalue weighted by Crippen LogP contribution is -2.25. The summed E-state index contributed by atoms with van der Waals surface area (Å²) in [5, 5.41) is 2.82. The summed E-state index contributed by atoms with van der Waals surface area (Å²) in [5.41, 5.74) is 0. The molecular weight excluding hydrogens is 128 g/mol. The molecule has 8 heavy (non-hydrogen) atoms. The van der Waals surface area contributed by atoms with E-state index in [4.69, 9.17) is 4.55 Å². The fourth-order valence-corrected chi connectivity index (χ4v) is 0.540. The van der Waals surface area contributed by atoms with Gasteiger partial charge >= 0.3 is 0 Å². The highest BCUT2D eigenvalue weighted by atomic mass is 32.2. The Morgan fingerprint density at radius 1 is 1.62 bits per heavy atom. The molecule has 5 heteroatoms. The Morgan fingerprint density at radius 2 is 2.25 bits per heavy atom. The second kappa shape index (κ2) is 5.17. The van der Waals surface area contributed by atoms with Gasteiger partial charge in [0.25, 0.3) is 0 Å². The van der Waals surface area contributed by atoms with Crippen LogP contribution >= 0.6 is 0 Å². The van der Waals surface area contributed by atoms with Crippen LogP contribution in [0.1, 0.15) is 0 Å². The van der Waals surface area contributed by atoms with Gasteiger partial charge in [-0.15, -0.1) is 0 Å². The van der Waals surface area contributed by atoms with Gasteiger partial charge in [-0.25, -0.2) is 8.93 Å². The van der Waals surface area contributed by atoms with Crippen molar-refractivity contribution in [3.8, 4) is 0 Å². The molecule has 0 fully saturated rings. The molecule has 1 unspecified atom stereocenters. The Bertz CT molecular complexity index is 77.7. The molecule has 0 aliphatic carbocycles. The van der Waals surface area contributed by atoms with Gasteiger partial charge in [0.2, 0.25) is 11.3 Å². The average Bonchev–Trinajstić information content (AvgIpc) is 1.66. The Balaban J connectivity index is 2.82. The zero-order valence-electron chi connectivity index (χ0n) is 4.68. The first kappa shape index (κ1) is 8.03. The Morgan fingerprint density at radius 3 is 2.62 bits per heavy atom. The first-order chi connectivity index (χ1) is 3.77. The third kappa shape index (κ3) is 6.03. The van der Waals surface area contributed by atoms with Crippen molar-refractivity contribution in [3.63, 3.8) is 0 Å². The molecular formula is C3H10N2O2S. The normalized spacial score (nSPS) is 13.8. The lowest BCUT2D eigenvalue weighted by atomic mass is 10.7. The van der Waals surface area contributed by atoms with Crippen LogP contribution in [-0.2, 0) is 11.3 Å². The predicted molar refractivity (Wildman–Crippen MR) is 32.7 cm³/mol. The molecule has 0 spiro atoms. The van der Waals surface area contributed by atoms with Crippen LogP contribution in [0.25, 0.3) is 0 Å². The van der Waals surface area contributed by atoms with Crippen LogP contribution in [-0.4, -0.2) is 28.9 Å². The molecule has 0 aromatic carbocycles. The number of rotatable bonds is 4. The van der Waals surface area contributed by atoms with E-state index < -0.39 is 11.3 Å². The Labute approximate surface area is 51.1 Å². The van der Waals surface area contributed by atoms with E-state index in [1.807, 2.05) is 0 Å². The van der Waals surface area contributed by atoms with Crippen molar-refractivity contribution in [2.45, 2.75) is 0 Å². The van der Waals surface area contributed by atoms with Gasteiger partial charge in [0.1, 0.15) is 0 Å². The molecule has 0 rings (SSSR count). The second-order valence-corrected chi connectivity index (χ2v) is 2.03. The molecule has 0 aliphatic heterocycles. The van der Waals surface area contributed by atoms with Crippen LogP contribution in [0.5, 0.6) is 0 Å². The van der Waals surface area contributed by atoms with Crippen LogP contribution in [0.3, 0.4) is 0 Å².